The van der Waals surface area contributed by atoms with Crippen molar-refractivity contribution < 1.29 is 4.79 Å². The van der Waals surface area contributed by atoms with E-state index in [1.165, 1.54) is 4.88 Å². The SMILES string of the molecule is CC(=O)c1ccc(CCC2CNc3nc(N)nc(N)c3C2)s1. The predicted molar refractivity (Wildman–Crippen MR) is 89.2 cm³/mol. The van der Waals surface area contributed by atoms with E-state index in [-0.39, 0.29) is 11.7 Å². The summed E-state index contributed by atoms with van der Waals surface area (Å²) in [6.45, 7) is 2.46. The van der Waals surface area contributed by atoms with Gasteiger partial charge in [0.1, 0.15) is 11.6 Å². The lowest BCUT2D eigenvalue weighted by molar-refractivity contribution is 0.102. The van der Waals surface area contributed by atoms with Gasteiger partial charge in [-0.1, -0.05) is 0 Å². The number of hydrogen-bond acceptors (Lipinski definition) is 7. The number of Topliss-reactive ketones (excluding diaryl/α,β-unsaturated/α-hetero) is 1. The molecule has 0 aliphatic carbocycles. The van der Waals surface area contributed by atoms with Crippen LogP contribution in [0, 0.1) is 5.92 Å². The minimum absolute atomic E-state index is 0.132. The zero-order valence-corrected chi connectivity index (χ0v) is 13.2. The molecule has 0 amide bonds. The van der Waals surface area contributed by atoms with Crippen molar-refractivity contribution in [3.63, 3.8) is 0 Å². The second-order valence-electron chi connectivity index (χ2n) is 5.61. The summed E-state index contributed by atoms with van der Waals surface area (Å²) in [7, 11) is 0. The Morgan fingerprint density at radius 1 is 1.41 bits per heavy atom. The minimum atomic E-state index is 0.132. The molecule has 0 radical (unpaired) electrons. The summed E-state index contributed by atoms with van der Waals surface area (Å²) < 4.78 is 0. The molecule has 1 atom stereocenters. The molecular formula is C15H19N5OS. The Morgan fingerprint density at radius 2 is 2.23 bits per heavy atom. The lowest BCUT2D eigenvalue weighted by Crippen LogP contribution is -2.26. The number of carbonyl (C=O) groups excluding carboxylic acids is 1. The van der Waals surface area contributed by atoms with E-state index < -0.39 is 0 Å². The zero-order valence-electron chi connectivity index (χ0n) is 12.4. The fourth-order valence-electron chi connectivity index (χ4n) is 2.72. The molecule has 0 saturated carbocycles. The van der Waals surface area contributed by atoms with Crippen LogP contribution in [0.3, 0.4) is 0 Å². The van der Waals surface area contributed by atoms with E-state index in [1.807, 2.05) is 12.1 Å². The fraction of sp³-hybridized carbons (Fsp3) is 0.400. The highest BCUT2D eigenvalue weighted by Crippen LogP contribution is 2.30. The Labute approximate surface area is 133 Å². The van der Waals surface area contributed by atoms with E-state index in [1.54, 1.807) is 18.3 Å². The summed E-state index contributed by atoms with van der Waals surface area (Å²) in [5.74, 6) is 2.04. The van der Waals surface area contributed by atoms with E-state index in [4.69, 9.17) is 11.5 Å². The molecule has 1 aliphatic rings. The van der Waals surface area contributed by atoms with Gasteiger partial charge in [-0.2, -0.15) is 9.97 Å². The van der Waals surface area contributed by atoms with Crippen molar-refractivity contribution >= 4 is 34.7 Å². The van der Waals surface area contributed by atoms with Crippen molar-refractivity contribution in [1.29, 1.82) is 0 Å². The van der Waals surface area contributed by atoms with Crippen LogP contribution in [-0.2, 0) is 12.8 Å². The van der Waals surface area contributed by atoms with Crippen molar-refractivity contribution in [2.75, 3.05) is 23.3 Å². The van der Waals surface area contributed by atoms with Gasteiger partial charge in [-0.05, 0) is 44.2 Å². The first-order valence-corrected chi connectivity index (χ1v) is 8.10. The number of fused-ring (bicyclic) bond motifs is 1. The van der Waals surface area contributed by atoms with Crippen molar-refractivity contribution in [2.24, 2.45) is 5.92 Å². The molecule has 22 heavy (non-hydrogen) atoms. The predicted octanol–water partition coefficient (Wildman–Crippen LogP) is 2.12. The number of ketones is 1. The molecule has 0 fully saturated rings. The molecule has 0 bridgehead atoms. The summed E-state index contributed by atoms with van der Waals surface area (Å²) in [5, 5.41) is 3.29. The van der Waals surface area contributed by atoms with E-state index >= 15 is 0 Å². The molecule has 3 heterocycles. The second kappa shape index (κ2) is 5.92. The Balaban J connectivity index is 1.64. The summed E-state index contributed by atoms with van der Waals surface area (Å²) >= 11 is 1.58. The number of rotatable bonds is 4. The number of hydrogen-bond donors (Lipinski definition) is 3. The molecule has 7 heteroatoms. The van der Waals surface area contributed by atoms with Crippen molar-refractivity contribution in [3.8, 4) is 0 Å². The third-order valence-electron chi connectivity index (χ3n) is 3.92. The Morgan fingerprint density at radius 3 is 2.95 bits per heavy atom. The van der Waals surface area contributed by atoms with E-state index in [0.29, 0.717) is 11.7 Å². The molecule has 3 rings (SSSR count). The van der Waals surface area contributed by atoms with Gasteiger partial charge in [0, 0.05) is 17.0 Å². The van der Waals surface area contributed by atoms with Gasteiger partial charge in [0.2, 0.25) is 5.95 Å². The van der Waals surface area contributed by atoms with E-state index in [2.05, 4.69) is 15.3 Å². The minimum Gasteiger partial charge on any atom is -0.383 e. The zero-order chi connectivity index (χ0) is 15.7. The van der Waals surface area contributed by atoms with Crippen LogP contribution in [0.15, 0.2) is 12.1 Å². The third kappa shape index (κ3) is 3.04. The van der Waals surface area contributed by atoms with Crippen LogP contribution < -0.4 is 16.8 Å². The lowest BCUT2D eigenvalue weighted by Gasteiger charge is -2.25. The van der Waals surface area contributed by atoms with Gasteiger partial charge in [0.05, 0.1) is 4.88 Å². The van der Waals surface area contributed by atoms with E-state index in [9.17, 15) is 4.79 Å². The van der Waals surface area contributed by atoms with E-state index in [0.717, 1.165) is 42.1 Å². The average Bonchev–Trinajstić information content (AvgIpc) is 2.94. The highest BCUT2D eigenvalue weighted by molar-refractivity contribution is 7.14. The summed E-state index contributed by atoms with van der Waals surface area (Å²) in [5.41, 5.74) is 12.5. The number of aromatic nitrogens is 2. The Bertz CT molecular complexity index is 712. The van der Waals surface area contributed by atoms with Crippen LogP contribution in [-0.4, -0.2) is 22.3 Å². The molecular weight excluding hydrogens is 298 g/mol. The fourth-order valence-corrected chi connectivity index (χ4v) is 3.64. The van der Waals surface area contributed by atoms with Crippen LogP contribution in [0.1, 0.15) is 33.5 Å². The molecule has 6 nitrogen and oxygen atoms in total. The molecule has 116 valence electrons. The van der Waals surface area contributed by atoms with Gasteiger partial charge < -0.3 is 16.8 Å². The van der Waals surface area contributed by atoms with Crippen LogP contribution in [0.5, 0.6) is 0 Å². The number of nitrogens with zero attached hydrogens (tertiary/aromatic N) is 2. The number of carbonyl (C=O) groups is 1. The van der Waals surface area contributed by atoms with Crippen molar-refractivity contribution in [1.82, 2.24) is 9.97 Å². The number of thiophene rings is 1. The van der Waals surface area contributed by atoms with Crippen LogP contribution in [0.2, 0.25) is 0 Å². The first kappa shape index (κ1) is 14.8. The molecule has 1 aliphatic heterocycles. The standard InChI is InChI=1S/C15H19N5OS/c1-8(21)12-5-4-10(22-12)3-2-9-6-11-13(16)19-15(17)20-14(11)18-7-9/h4-5,9H,2-3,6-7H2,1H3,(H5,16,17,18,19,20). The summed E-state index contributed by atoms with van der Waals surface area (Å²) in [6, 6.07) is 3.95. The smallest absolute Gasteiger partial charge is 0.223 e. The molecule has 0 spiro atoms. The number of anilines is 3. The molecule has 2 aromatic heterocycles. The van der Waals surface area contributed by atoms with Gasteiger partial charge in [0.25, 0.3) is 0 Å². The number of nitrogen functional groups attached to an aromatic ring is 2. The Hall–Kier alpha value is -2.15. The largest absolute Gasteiger partial charge is 0.383 e. The first-order valence-electron chi connectivity index (χ1n) is 7.28. The quantitative estimate of drug-likeness (QED) is 0.746. The number of aryl methyl sites for hydroxylation is 1. The average molecular weight is 317 g/mol. The maximum absolute atomic E-state index is 11.3. The van der Waals surface area contributed by atoms with Gasteiger partial charge in [0.15, 0.2) is 5.78 Å². The van der Waals surface area contributed by atoms with Gasteiger partial charge >= 0.3 is 0 Å². The van der Waals surface area contributed by atoms with Gasteiger partial charge in [-0.15, -0.1) is 11.3 Å². The van der Waals surface area contributed by atoms with Crippen LogP contribution in [0.4, 0.5) is 17.6 Å². The highest BCUT2D eigenvalue weighted by Gasteiger charge is 2.22. The normalized spacial score (nSPS) is 16.9. The number of nitrogens with one attached hydrogen (secondary N) is 1. The topological polar surface area (TPSA) is 107 Å². The summed E-state index contributed by atoms with van der Waals surface area (Å²) in [4.78, 5) is 21.6. The molecule has 0 aromatic carbocycles. The Kier molecular flexibility index (Phi) is 3.98. The monoisotopic (exact) mass is 317 g/mol. The van der Waals surface area contributed by atoms with Crippen molar-refractivity contribution in [2.45, 2.75) is 26.2 Å². The van der Waals surface area contributed by atoms with Gasteiger partial charge in [-0.3, -0.25) is 4.79 Å². The number of nitrogens with two attached hydrogens (primary N) is 2. The van der Waals surface area contributed by atoms with Crippen molar-refractivity contribution in [3.05, 3.63) is 27.5 Å². The van der Waals surface area contributed by atoms with Crippen LogP contribution >= 0.6 is 11.3 Å². The maximum atomic E-state index is 11.3. The lowest BCUT2D eigenvalue weighted by atomic mass is 9.92. The van der Waals surface area contributed by atoms with Crippen LogP contribution in [0.25, 0.3) is 0 Å². The molecule has 2 aromatic rings. The second-order valence-corrected chi connectivity index (χ2v) is 6.77. The molecule has 0 saturated heterocycles. The maximum Gasteiger partial charge on any atom is 0.223 e. The first-order chi connectivity index (χ1) is 10.5. The third-order valence-corrected chi connectivity index (χ3v) is 5.16. The van der Waals surface area contributed by atoms with Gasteiger partial charge in [-0.25, -0.2) is 0 Å². The summed E-state index contributed by atoms with van der Waals surface area (Å²) in [6.07, 6.45) is 2.86. The molecule has 1 unspecified atom stereocenters. The highest BCUT2D eigenvalue weighted by atomic mass is 32.1. The molecule has 5 N–H and O–H groups in total.